The zero-order valence-electron chi connectivity index (χ0n) is 18.4. The zero-order valence-corrected chi connectivity index (χ0v) is 20.8. The summed E-state index contributed by atoms with van der Waals surface area (Å²) in [6.07, 6.45) is 0. The molecule has 0 saturated carbocycles. The number of pyridine rings is 1. The van der Waals surface area contributed by atoms with Crippen molar-refractivity contribution in [2.24, 2.45) is 0 Å². The standard InChI is InChI=1S/C23H24Cl2N4O3.ClH/c1-4-26-23(31)27-12-20(30)29(3)18-11-10-17(24)16(21(18)25)13-32-19-7-5-6-15-9-8-14(2)28-22(15)19;/h5-11H,4,12-13H2,1-3H3,(H2,26,27,31);1H. The molecule has 1 heterocycles. The van der Waals surface area contributed by atoms with Crippen LogP contribution in [0.2, 0.25) is 10.0 Å². The van der Waals surface area contributed by atoms with E-state index in [-0.39, 0.29) is 31.5 Å². The summed E-state index contributed by atoms with van der Waals surface area (Å²) in [5, 5.41) is 6.76. The average Bonchev–Trinajstić information content (AvgIpc) is 2.77. The fourth-order valence-corrected chi connectivity index (χ4v) is 3.70. The molecule has 176 valence electrons. The SMILES string of the molecule is CCNC(=O)NCC(=O)N(C)c1ccc(Cl)c(COc2cccc3ccc(C)nc23)c1Cl.Cl. The van der Waals surface area contributed by atoms with Crippen LogP contribution in [0.15, 0.2) is 42.5 Å². The monoisotopic (exact) mass is 510 g/mol. The third-order valence-electron chi connectivity index (χ3n) is 4.83. The van der Waals surface area contributed by atoms with Crippen LogP contribution in [0.1, 0.15) is 18.2 Å². The predicted octanol–water partition coefficient (Wildman–Crippen LogP) is 5.13. The van der Waals surface area contributed by atoms with E-state index in [9.17, 15) is 9.59 Å². The topological polar surface area (TPSA) is 83.6 Å². The molecule has 0 fully saturated rings. The van der Waals surface area contributed by atoms with Gasteiger partial charge in [-0.05, 0) is 38.1 Å². The third-order valence-corrected chi connectivity index (χ3v) is 5.61. The quantitative estimate of drug-likeness (QED) is 0.460. The molecule has 0 bridgehead atoms. The molecule has 7 nitrogen and oxygen atoms in total. The fourth-order valence-electron chi connectivity index (χ4n) is 3.09. The highest BCUT2D eigenvalue weighted by Crippen LogP contribution is 2.35. The first kappa shape index (κ1) is 26.5. The number of aryl methyl sites for hydroxylation is 1. The van der Waals surface area contributed by atoms with E-state index in [1.807, 2.05) is 37.3 Å². The number of benzene rings is 2. The van der Waals surface area contributed by atoms with Crippen molar-refractivity contribution < 1.29 is 14.3 Å². The Morgan fingerprint density at radius 2 is 1.85 bits per heavy atom. The van der Waals surface area contributed by atoms with Gasteiger partial charge in [-0.25, -0.2) is 9.78 Å². The van der Waals surface area contributed by atoms with Crippen LogP contribution in [-0.4, -0.2) is 37.1 Å². The van der Waals surface area contributed by atoms with Gasteiger partial charge in [-0.2, -0.15) is 0 Å². The third kappa shape index (κ3) is 6.41. The number of aromatic nitrogens is 1. The first-order chi connectivity index (χ1) is 15.3. The van der Waals surface area contributed by atoms with Crippen LogP contribution in [-0.2, 0) is 11.4 Å². The molecule has 0 unspecified atom stereocenters. The minimum Gasteiger partial charge on any atom is -0.487 e. The predicted molar refractivity (Wildman–Crippen MR) is 135 cm³/mol. The van der Waals surface area contributed by atoms with Gasteiger partial charge in [-0.15, -0.1) is 12.4 Å². The summed E-state index contributed by atoms with van der Waals surface area (Å²) in [6.45, 7) is 4.10. The maximum absolute atomic E-state index is 12.5. The van der Waals surface area contributed by atoms with E-state index in [0.717, 1.165) is 16.6 Å². The molecular formula is C23H25Cl3N4O3. The van der Waals surface area contributed by atoms with Crippen LogP contribution in [0.3, 0.4) is 0 Å². The van der Waals surface area contributed by atoms with E-state index >= 15 is 0 Å². The highest BCUT2D eigenvalue weighted by molar-refractivity contribution is 6.38. The van der Waals surface area contributed by atoms with E-state index in [2.05, 4.69) is 15.6 Å². The first-order valence-corrected chi connectivity index (χ1v) is 10.8. The maximum Gasteiger partial charge on any atom is 0.315 e. The lowest BCUT2D eigenvalue weighted by molar-refractivity contribution is -0.117. The number of urea groups is 1. The van der Waals surface area contributed by atoms with Crippen LogP contribution in [0.4, 0.5) is 10.5 Å². The Morgan fingerprint density at radius 1 is 1.09 bits per heavy atom. The summed E-state index contributed by atoms with van der Waals surface area (Å²) in [7, 11) is 1.58. The van der Waals surface area contributed by atoms with Crippen LogP contribution in [0.5, 0.6) is 5.75 Å². The molecule has 10 heteroatoms. The van der Waals surface area contributed by atoms with Crippen molar-refractivity contribution >= 4 is 64.1 Å². The van der Waals surface area contributed by atoms with Gasteiger partial charge in [0.05, 0.1) is 17.3 Å². The molecule has 1 aromatic heterocycles. The fraction of sp³-hybridized carbons (Fsp3) is 0.261. The van der Waals surface area contributed by atoms with Crippen molar-refractivity contribution in [1.29, 1.82) is 0 Å². The smallest absolute Gasteiger partial charge is 0.315 e. The highest BCUT2D eigenvalue weighted by Gasteiger charge is 2.19. The molecule has 3 amide bonds. The molecule has 0 aliphatic rings. The van der Waals surface area contributed by atoms with E-state index in [1.54, 1.807) is 26.1 Å². The van der Waals surface area contributed by atoms with E-state index < -0.39 is 6.03 Å². The summed E-state index contributed by atoms with van der Waals surface area (Å²) in [6, 6.07) is 12.5. The Morgan fingerprint density at radius 3 is 2.58 bits per heavy atom. The summed E-state index contributed by atoms with van der Waals surface area (Å²) in [5.41, 5.74) is 2.64. The van der Waals surface area contributed by atoms with Crippen LogP contribution >= 0.6 is 35.6 Å². The van der Waals surface area contributed by atoms with Gasteiger partial charge < -0.3 is 20.3 Å². The van der Waals surface area contributed by atoms with Crippen molar-refractivity contribution in [3.8, 4) is 5.75 Å². The summed E-state index contributed by atoms with van der Waals surface area (Å²) < 4.78 is 6.02. The summed E-state index contributed by atoms with van der Waals surface area (Å²) in [5.74, 6) is 0.278. The van der Waals surface area contributed by atoms with Crippen molar-refractivity contribution in [2.45, 2.75) is 20.5 Å². The largest absolute Gasteiger partial charge is 0.487 e. The number of nitrogens with one attached hydrogen (secondary N) is 2. The van der Waals surface area contributed by atoms with Gasteiger partial charge in [0.2, 0.25) is 5.91 Å². The Labute approximate surface area is 208 Å². The Hall–Kier alpha value is -2.74. The molecule has 0 spiro atoms. The first-order valence-electron chi connectivity index (χ1n) is 10.1. The normalized spacial score (nSPS) is 10.3. The second-order valence-corrected chi connectivity index (χ2v) is 7.88. The van der Waals surface area contributed by atoms with Crippen LogP contribution in [0.25, 0.3) is 10.9 Å². The summed E-state index contributed by atoms with van der Waals surface area (Å²) in [4.78, 5) is 30.0. The molecule has 2 aromatic carbocycles. The lowest BCUT2D eigenvalue weighted by atomic mass is 10.1. The maximum atomic E-state index is 12.5. The number of hydrogen-bond acceptors (Lipinski definition) is 4. The molecule has 33 heavy (non-hydrogen) atoms. The number of nitrogens with zero attached hydrogens (tertiary/aromatic N) is 2. The number of hydrogen-bond donors (Lipinski definition) is 2. The van der Waals surface area contributed by atoms with Gasteiger partial charge >= 0.3 is 6.03 Å². The van der Waals surface area contributed by atoms with Crippen molar-refractivity contribution in [3.63, 3.8) is 0 Å². The van der Waals surface area contributed by atoms with Gasteiger partial charge in [-0.1, -0.05) is 41.4 Å². The molecule has 3 rings (SSSR count). The van der Waals surface area contributed by atoms with Crippen LogP contribution in [0, 0.1) is 6.92 Å². The Balaban J connectivity index is 0.00000385. The lowest BCUT2D eigenvalue weighted by Crippen LogP contribution is -2.42. The van der Waals surface area contributed by atoms with Gasteiger partial charge in [0.1, 0.15) is 17.9 Å². The van der Waals surface area contributed by atoms with Gasteiger partial charge in [0.25, 0.3) is 0 Å². The lowest BCUT2D eigenvalue weighted by Gasteiger charge is -2.21. The number of carbonyl (C=O) groups is 2. The van der Waals surface area contributed by atoms with Gasteiger partial charge in [0.15, 0.2) is 0 Å². The second-order valence-electron chi connectivity index (χ2n) is 7.09. The zero-order chi connectivity index (χ0) is 23.3. The number of likely N-dealkylation sites (N-methyl/N-ethyl adjacent to an activating group) is 1. The van der Waals surface area contributed by atoms with Crippen LogP contribution < -0.4 is 20.3 Å². The van der Waals surface area contributed by atoms with Gasteiger partial charge in [0, 0.05) is 35.3 Å². The molecule has 3 aromatic rings. The molecule has 0 aliphatic carbocycles. The second kappa shape index (κ2) is 11.9. The molecule has 0 atom stereocenters. The van der Waals surface area contributed by atoms with E-state index in [1.165, 1.54) is 4.90 Å². The molecule has 0 radical (unpaired) electrons. The van der Waals surface area contributed by atoms with Gasteiger partial charge in [-0.3, -0.25) is 4.79 Å². The van der Waals surface area contributed by atoms with E-state index in [0.29, 0.717) is 33.6 Å². The van der Waals surface area contributed by atoms with Crippen molar-refractivity contribution in [3.05, 3.63) is 63.8 Å². The highest BCUT2D eigenvalue weighted by atomic mass is 35.5. The van der Waals surface area contributed by atoms with Crippen molar-refractivity contribution in [1.82, 2.24) is 15.6 Å². The van der Waals surface area contributed by atoms with E-state index in [4.69, 9.17) is 27.9 Å². The number of carbonyl (C=O) groups excluding carboxylic acids is 2. The Kier molecular flexibility index (Phi) is 9.58. The molecule has 2 N–H and O–H groups in total. The Bertz CT molecular complexity index is 1160. The number of fused-ring (bicyclic) bond motifs is 1. The average molecular weight is 512 g/mol. The summed E-state index contributed by atoms with van der Waals surface area (Å²) >= 11 is 13.0. The number of anilines is 1. The number of ether oxygens (including phenoxy) is 1. The number of rotatable bonds is 7. The van der Waals surface area contributed by atoms with Crippen molar-refractivity contribution in [2.75, 3.05) is 25.0 Å². The number of para-hydroxylation sites is 1. The minimum atomic E-state index is -0.413. The number of halogens is 3. The molecule has 0 aliphatic heterocycles. The number of amides is 3. The minimum absolute atomic E-state index is 0. The molecule has 0 saturated heterocycles. The molecular weight excluding hydrogens is 487 g/mol.